The van der Waals surface area contributed by atoms with Crippen molar-refractivity contribution in [1.82, 2.24) is 0 Å². The standard InChI is InChI=1S/C14H14.C14H10/c2*1-3-7-13(8-4-1)11-12-14-9-5-2-6-10-14/h1-10H,11-12H2;1-10H. The molecule has 0 saturated carbocycles. The van der Waals surface area contributed by atoms with E-state index in [1.54, 1.807) is 0 Å². The Balaban J connectivity index is 0.000000161. The molecule has 0 saturated heterocycles. The van der Waals surface area contributed by atoms with Gasteiger partial charge in [-0.1, -0.05) is 109 Å². The molecule has 0 nitrogen and oxygen atoms in total. The highest BCUT2D eigenvalue weighted by Gasteiger charge is 1.93. The van der Waals surface area contributed by atoms with E-state index in [2.05, 4.69) is 72.5 Å². The van der Waals surface area contributed by atoms with Gasteiger partial charge in [0.15, 0.2) is 0 Å². The Labute approximate surface area is 168 Å². The van der Waals surface area contributed by atoms with Gasteiger partial charge >= 0.3 is 0 Å². The lowest BCUT2D eigenvalue weighted by Gasteiger charge is -2.01. The number of rotatable bonds is 3. The summed E-state index contributed by atoms with van der Waals surface area (Å²) in [4.78, 5) is 0. The van der Waals surface area contributed by atoms with Crippen LogP contribution in [0.15, 0.2) is 121 Å². The van der Waals surface area contributed by atoms with Crippen molar-refractivity contribution < 1.29 is 0 Å². The van der Waals surface area contributed by atoms with E-state index in [0.717, 1.165) is 24.0 Å². The molecule has 28 heavy (non-hydrogen) atoms. The molecule has 0 aromatic heterocycles. The first-order valence-electron chi connectivity index (χ1n) is 9.60. The quantitative estimate of drug-likeness (QED) is 0.363. The molecular weight excluding hydrogens is 336 g/mol. The van der Waals surface area contributed by atoms with Gasteiger partial charge in [0.05, 0.1) is 0 Å². The summed E-state index contributed by atoms with van der Waals surface area (Å²) in [7, 11) is 0. The fourth-order valence-electron chi connectivity index (χ4n) is 2.77. The smallest absolute Gasteiger partial charge is 0.0249 e. The Morgan fingerprint density at radius 2 is 0.643 bits per heavy atom. The number of benzene rings is 4. The van der Waals surface area contributed by atoms with Gasteiger partial charge in [-0.2, -0.15) is 0 Å². The van der Waals surface area contributed by atoms with Gasteiger partial charge in [-0.25, -0.2) is 0 Å². The van der Waals surface area contributed by atoms with E-state index in [9.17, 15) is 0 Å². The molecule has 136 valence electrons. The summed E-state index contributed by atoms with van der Waals surface area (Å²) < 4.78 is 0. The molecule has 0 heterocycles. The molecule has 0 N–H and O–H groups in total. The summed E-state index contributed by atoms with van der Waals surface area (Å²) in [6.07, 6.45) is 2.26. The molecular formula is C28H24. The van der Waals surface area contributed by atoms with Crippen LogP contribution in [-0.2, 0) is 12.8 Å². The molecule has 4 aromatic rings. The molecule has 0 aliphatic carbocycles. The number of hydrogen-bond acceptors (Lipinski definition) is 0. The predicted octanol–water partition coefficient (Wildman–Crippen LogP) is 6.56. The van der Waals surface area contributed by atoms with Crippen LogP contribution in [0.2, 0.25) is 0 Å². The average Bonchev–Trinajstić information content (AvgIpc) is 2.80. The van der Waals surface area contributed by atoms with Crippen LogP contribution in [0, 0.1) is 11.8 Å². The van der Waals surface area contributed by atoms with Gasteiger partial charge in [0.25, 0.3) is 0 Å². The minimum atomic E-state index is 1.05. The van der Waals surface area contributed by atoms with Crippen LogP contribution in [0.4, 0.5) is 0 Å². The third-order valence-corrected chi connectivity index (χ3v) is 4.29. The predicted molar refractivity (Wildman–Crippen MR) is 119 cm³/mol. The Bertz CT molecular complexity index is 894. The van der Waals surface area contributed by atoms with E-state index in [4.69, 9.17) is 0 Å². The minimum Gasteiger partial charge on any atom is -0.0622 e. The van der Waals surface area contributed by atoms with E-state index in [1.807, 2.05) is 60.7 Å². The first-order valence-corrected chi connectivity index (χ1v) is 9.60. The first kappa shape index (κ1) is 19.2. The maximum Gasteiger partial charge on any atom is 0.0249 e. The Morgan fingerprint density at radius 1 is 0.357 bits per heavy atom. The van der Waals surface area contributed by atoms with E-state index in [-0.39, 0.29) is 0 Å². The van der Waals surface area contributed by atoms with E-state index in [0.29, 0.717) is 0 Å². The topological polar surface area (TPSA) is 0 Å². The van der Waals surface area contributed by atoms with Crippen LogP contribution >= 0.6 is 0 Å². The summed E-state index contributed by atoms with van der Waals surface area (Å²) >= 11 is 0. The van der Waals surface area contributed by atoms with Crippen molar-refractivity contribution in [3.63, 3.8) is 0 Å². The van der Waals surface area contributed by atoms with Gasteiger partial charge in [0.1, 0.15) is 0 Å². The second kappa shape index (κ2) is 11.2. The van der Waals surface area contributed by atoms with Gasteiger partial charge in [-0.05, 0) is 48.2 Å². The molecule has 0 fully saturated rings. The summed E-state index contributed by atoms with van der Waals surface area (Å²) in [6.45, 7) is 0. The second-order valence-electron chi connectivity index (χ2n) is 6.45. The average molecular weight is 361 g/mol. The molecule has 0 bridgehead atoms. The molecule has 0 unspecified atom stereocenters. The Morgan fingerprint density at radius 3 is 0.964 bits per heavy atom. The van der Waals surface area contributed by atoms with Crippen LogP contribution in [0.3, 0.4) is 0 Å². The molecule has 0 heteroatoms. The van der Waals surface area contributed by atoms with Crippen LogP contribution in [0.25, 0.3) is 0 Å². The highest BCUT2D eigenvalue weighted by Crippen LogP contribution is 2.06. The van der Waals surface area contributed by atoms with Gasteiger partial charge in [0.2, 0.25) is 0 Å². The lowest BCUT2D eigenvalue weighted by atomic mass is 10.0. The SMILES string of the molecule is C(#Cc1ccccc1)c1ccccc1.c1ccc(CCc2ccccc2)cc1. The normalized spacial score (nSPS) is 9.43. The van der Waals surface area contributed by atoms with E-state index < -0.39 is 0 Å². The first-order chi connectivity index (χ1) is 13.9. The lowest BCUT2D eigenvalue weighted by molar-refractivity contribution is 0.960. The van der Waals surface area contributed by atoms with Crippen molar-refractivity contribution in [2.75, 3.05) is 0 Å². The van der Waals surface area contributed by atoms with E-state index in [1.165, 1.54) is 11.1 Å². The number of hydrogen-bond donors (Lipinski definition) is 0. The lowest BCUT2D eigenvalue weighted by Crippen LogP contribution is -1.89. The van der Waals surface area contributed by atoms with Gasteiger partial charge < -0.3 is 0 Å². The summed E-state index contributed by atoms with van der Waals surface area (Å²) in [5.41, 5.74) is 4.93. The highest BCUT2D eigenvalue weighted by molar-refractivity contribution is 5.42. The molecule has 0 amide bonds. The summed E-state index contributed by atoms with van der Waals surface area (Å²) in [5.74, 6) is 6.22. The van der Waals surface area contributed by atoms with Crippen LogP contribution in [0.5, 0.6) is 0 Å². The molecule has 0 aliphatic rings. The van der Waals surface area contributed by atoms with Crippen molar-refractivity contribution in [2.24, 2.45) is 0 Å². The van der Waals surface area contributed by atoms with Crippen LogP contribution < -0.4 is 0 Å². The highest BCUT2D eigenvalue weighted by atomic mass is 14.0. The zero-order valence-corrected chi connectivity index (χ0v) is 16.0. The van der Waals surface area contributed by atoms with Gasteiger partial charge in [-0.3, -0.25) is 0 Å². The molecule has 0 spiro atoms. The van der Waals surface area contributed by atoms with Crippen LogP contribution in [0.1, 0.15) is 22.3 Å². The largest absolute Gasteiger partial charge is 0.0622 e. The molecule has 4 aromatic carbocycles. The summed E-state index contributed by atoms with van der Waals surface area (Å²) in [6, 6.07) is 41.3. The third-order valence-electron chi connectivity index (χ3n) is 4.29. The minimum absolute atomic E-state index is 1.05. The van der Waals surface area contributed by atoms with Crippen molar-refractivity contribution in [2.45, 2.75) is 12.8 Å². The van der Waals surface area contributed by atoms with Crippen molar-refractivity contribution >= 4 is 0 Å². The Kier molecular flexibility index (Phi) is 7.69. The molecule has 0 radical (unpaired) electrons. The zero-order chi connectivity index (χ0) is 19.3. The second-order valence-corrected chi connectivity index (χ2v) is 6.45. The van der Waals surface area contributed by atoms with Crippen molar-refractivity contribution in [1.29, 1.82) is 0 Å². The Hall–Kier alpha value is -3.56. The number of aryl methyl sites for hydroxylation is 2. The zero-order valence-electron chi connectivity index (χ0n) is 16.0. The third kappa shape index (κ3) is 6.98. The fraction of sp³-hybridized carbons (Fsp3) is 0.0714. The monoisotopic (exact) mass is 360 g/mol. The maximum absolute atomic E-state index is 3.11. The van der Waals surface area contributed by atoms with Gasteiger partial charge in [-0.15, -0.1) is 0 Å². The van der Waals surface area contributed by atoms with Gasteiger partial charge in [0, 0.05) is 11.1 Å². The fourth-order valence-corrected chi connectivity index (χ4v) is 2.77. The van der Waals surface area contributed by atoms with Crippen molar-refractivity contribution in [3.05, 3.63) is 144 Å². The molecule has 0 aliphatic heterocycles. The van der Waals surface area contributed by atoms with E-state index >= 15 is 0 Å². The summed E-state index contributed by atoms with van der Waals surface area (Å²) in [5, 5.41) is 0. The molecule has 4 rings (SSSR count). The maximum atomic E-state index is 3.11. The van der Waals surface area contributed by atoms with Crippen molar-refractivity contribution in [3.8, 4) is 11.8 Å². The van der Waals surface area contributed by atoms with Crippen LogP contribution in [-0.4, -0.2) is 0 Å². The molecule has 0 atom stereocenters.